The molecule has 0 radical (unpaired) electrons. The van der Waals surface area contributed by atoms with E-state index in [1.807, 2.05) is 11.5 Å². The highest BCUT2D eigenvalue weighted by atomic mass is 16.4. The van der Waals surface area contributed by atoms with Crippen molar-refractivity contribution in [3.8, 4) is 0 Å². The normalized spacial score (nSPS) is 12.1. The number of carbonyl (C=O) groups is 2. The second-order valence-corrected chi connectivity index (χ2v) is 3.45. The van der Waals surface area contributed by atoms with E-state index in [-0.39, 0.29) is 6.42 Å². The minimum Gasteiger partial charge on any atom is -0.481 e. The maximum atomic E-state index is 10.7. The Morgan fingerprint density at radius 1 is 1.75 bits per heavy atom. The third-order valence-electron chi connectivity index (χ3n) is 2.21. The molecule has 1 heterocycles. The average molecular weight is 225 g/mol. The van der Waals surface area contributed by atoms with Gasteiger partial charge >= 0.3 is 5.97 Å². The van der Waals surface area contributed by atoms with E-state index in [9.17, 15) is 9.59 Å². The molecule has 6 nitrogen and oxygen atoms in total. The first-order chi connectivity index (χ1) is 7.69. The Kier molecular flexibility index (Phi) is 4.50. The van der Waals surface area contributed by atoms with Crippen molar-refractivity contribution in [3.63, 3.8) is 0 Å². The molecule has 0 fully saturated rings. The van der Waals surface area contributed by atoms with Crippen LogP contribution in [0.1, 0.15) is 31.5 Å². The Morgan fingerprint density at radius 2 is 2.50 bits per heavy atom. The summed E-state index contributed by atoms with van der Waals surface area (Å²) in [6.45, 7) is 2.77. The van der Waals surface area contributed by atoms with E-state index in [0.717, 1.165) is 18.7 Å². The van der Waals surface area contributed by atoms with Crippen molar-refractivity contribution in [3.05, 3.63) is 18.2 Å². The molecular formula is C10H15N3O3. The lowest BCUT2D eigenvalue weighted by atomic mass is 10.1. The number of rotatable bonds is 7. The van der Waals surface area contributed by atoms with E-state index in [0.29, 0.717) is 6.41 Å². The van der Waals surface area contributed by atoms with Crippen molar-refractivity contribution in [2.45, 2.75) is 32.4 Å². The molecule has 0 unspecified atom stereocenters. The molecule has 0 saturated carbocycles. The molecule has 1 amide bonds. The van der Waals surface area contributed by atoms with Crippen LogP contribution in [0.4, 0.5) is 0 Å². The minimum atomic E-state index is -0.955. The van der Waals surface area contributed by atoms with Crippen LogP contribution in [0.25, 0.3) is 0 Å². The molecule has 0 spiro atoms. The summed E-state index contributed by atoms with van der Waals surface area (Å²) in [6.07, 6.45) is 4.51. The number of imidazole rings is 1. The zero-order valence-corrected chi connectivity index (χ0v) is 9.09. The Bertz CT molecular complexity index is 362. The van der Waals surface area contributed by atoms with Crippen LogP contribution < -0.4 is 5.32 Å². The van der Waals surface area contributed by atoms with Crippen LogP contribution in [0.3, 0.4) is 0 Å². The molecular weight excluding hydrogens is 210 g/mol. The molecule has 0 aromatic carbocycles. The Balaban J connectivity index is 2.86. The number of carbonyl (C=O) groups excluding carboxylic acids is 1. The molecule has 6 heteroatoms. The first-order valence-electron chi connectivity index (χ1n) is 5.10. The number of nitrogens with zero attached hydrogens (tertiary/aromatic N) is 2. The monoisotopic (exact) mass is 225 g/mol. The van der Waals surface area contributed by atoms with Crippen LogP contribution in [0, 0.1) is 0 Å². The van der Waals surface area contributed by atoms with Crippen molar-refractivity contribution >= 4 is 12.4 Å². The van der Waals surface area contributed by atoms with Gasteiger partial charge < -0.3 is 15.0 Å². The molecule has 0 saturated heterocycles. The van der Waals surface area contributed by atoms with Crippen molar-refractivity contribution in [2.24, 2.45) is 0 Å². The van der Waals surface area contributed by atoms with Crippen LogP contribution in [0.15, 0.2) is 12.5 Å². The van der Waals surface area contributed by atoms with Crippen molar-refractivity contribution in [1.29, 1.82) is 0 Å². The molecule has 1 aromatic rings. The summed E-state index contributed by atoms with van der Waals surface area (Å²) in [4.78, 5) is 25.1. The van der Waals surface area contributed by atoms with E-state index in [1.165, 1.54) is 0 Å². The fourth-order valence-electron chi connectivity index (χ4n) is 1.55. The number of hydrogen-bond donors (Lipinski definition) is 2. The van der Waals surface area contributed by atoms with Crippen LogP contribution in [-0.4, -0.2) is 27.0 Å². The van der Waals surface area contributed by atoms with Gasteiger partial charge in [0.25, 0.3) is 0 Å². The fraction of sp³-hybridized carbons (Fsp3) is 0.500. The van der Waals surface area contributed by atoms with Crippen molar-refractivity contribution < 1.29 is 14.7 Å². The average Bonchev–Trinajstić information content (AvgIpc) is 2.65. The van der Waals surface area contributed by atoms with Gasteiger partial charge in [-0.3, -0.25) is 9.59 Å². The molecule has 16 heavy (non-hydrogen) atoms. The van der Waals surface area contributed by atoms with Gasteiger partial charge in [0.15, 0.2) is 0 Å². The number of hydrogen-bond acceptors (Lipinski definition) is 3. The number of aromatic nitrogens is 2. The first kappa shape index (κ1) is 12.2. The number of aryl methyl sites for hydroxylation is 1. The zero-order chi connectivity index (χ0) is 12.0. The van der Waals surface area contributed by atoms with Gasteiger partial charge in [-0.25, -0.2) is 4.98 Å². The van der Waals surface area contributed by atoms with E-state index in [1.54, 1.807) is 12.5 Å². The van der Waals surface area contributed by atoms with Crippen LogP contribution in [0.2, 0.25) is 0 Å². The quantitative estimate of drug-likeness (QED) is 0.664. The van der Waals surface area contributed by atoms with Crippen LogP contribution in [0.5, 0.6) is 0 Å². The fourth-order valence-corrected chi connectivity index (χ4v) is 1.55. The standard InChI is InChI=1S/C10H15N3O3/c1-2-3-13-6-11-5-9(13)8(12-7-14)4-10(15)16/h5-8H,2-4H2,1H3,(H,12,14)(H,15,16)/t8-/m0/s1. The number of aliphatic carboxylic acids is 1. The number of nitrogens with one attached hydrogen (secondary N) is 1. The minimum absolute atomic E-state index is 0.145. The first-order valence-corrected chi connectivity index (χ1v) is 5.10. The largest absolute Gasteiger partial charge is 0.481 e. The van der Waals surface area contributed by atoms with Gasteiger partial charge in [0.2, 0.25) is 6.41 Å². The van der Waals surface area contributed by atoms with E-state index >= 15 is 0 Å². The predicted molar refractivity (Wildman–Crippen MR) is 56.7 cm³/mol. The summed E-state index contributed by atoms with van der Waals surface area (Å²) < 4.78 is 1.85. The van der Waals surface area contributed by atoms with Gasteiger partial charge in [0.05, 0.1) is 30.7 Å². The summed E-state index contributed by atoms with van der Waals surface area (Å²) in [5, 5.41) is 11.2. The SMILES string of the molecule is CCCn1cncc1[C@H](CC(=O)O)NC=O. The highest BCUT2D eigenvalue weighted by Crippen LogP contribution is 2.16. The molecule has 2 N–H and O–H groups in total. The summed E-state index contributed by atoms with van der Waals surface area (Å²) in [5.74, 6) is -0.955. The van der Waals surface area contributed by atoms with Gasteiger partial charge in [-0.05, 0) is 6.42 Å². The summed E-state index contributed by atoms with van der Waals surface area (Å²) >= 11 is 0. The Morgan fingerprint density at radius 3 is 3.06 bits per heavy atom. The summed E-state index contributed by atoms with van der Waals surface area (Å²) in [5.41, 5.74) is 0.719. The smallest absolute Gasteiger partial charge is 0.305 e. The number of carboxylic acids is 1. The second kappa shape index (κ2) is 5.89. The lowest BCUT2D eigenvalue weighted by Crippen LogP contribution is -2.24. The second-order valence-electron chi connectivity index (χ2n) is 3.45. The van der Waals surface area contributed by atoms with E-state index in [2.05, 4.69) is 10.3 Å². The summed E-state index contributed by atoms with van der Waals surface area (Å²) in [7, 11) is 0. The van der Waals surface area contributed by atoms with Crippen molar-refractivity contribution in [1.82, 2.24) is 14.9 Å². The molecule has 0 aliphatic rings. The highest BCUT2D eigenvalue weighted by molar-refractivity contribution is 5.68. The van der Waals surface area contributed by atoms with Gasteiger partial charge in [0, 0.05) is 6.54 Å². The Labute approximate surface area is 93.3 Å². The van der Waals surface area contributed by atoms with Gasteiger partial charge in [-0.15, -0.1) is 0 Å². The molecule has 1 aromatic heterocycles. The molecule has 0 bridgehead atoms. The topological polar surface area (TPSA) is 84.2 Å². The van der Waals surface area contributed by atoms with Crippen LogP contribution >= 0.6 is 0 Å². The van der Waals surface area contributed by atoms with Gasteiger partial charge in [-0.1, -0.05) is 6.92 Å². The maximum Gasteiger partial charge on any atom is 0.305 e. The van der Waals surface area contributed by atoms with Crippen LogP contribution in [-0.2, 0) is 16.1 Å². The van der Waals surface area contributed by atoms with E-state index in [4.69, 9.17) is 5.11 Å². The highest BCUT2D eigenvalue weighted by Gasteiger charge is 2.18. The molecule has 1 rings (SSSR count). The third-order valence-corrected chi connectivity index (χ3v) is 2.21. The molecule has 0 aliphatic carbocycles. The number of carboxylic acid groups (broad SMARTS) is 1. The molecule has 0 aliphatic heterocycles. The van der Waals surface area contributed by atoms with E-state index < -0.39 is 12.0 Å². The number of amides is 1. The summed E-state index contributed by atoms with van der Waals surface area (Å²) in [6, 6.07) is -0.524. The zero-order valence-electron chi connectivity index (χ0n) is 9.09. The predicted octanol–water partition coefficient (Wildman–Crippen LogP) is 0.555. The van der Waals surface area contributed by atoms with Gasteiger partial charge in [0.1, 0.15) is 0 Å². The third kappa shape index (κ3) is 3.08. The lowest BCUT2D eigenvalue weighted by molar-refractivity contribution is -0.137. The van der Waals surface area contributed by atoms with Crippen molar-refractivity contribution in [2.75, 3.05) is 0 Å². The maximum absolute atomic E-state index is 10.7. The Hall–Kier alpha value is -1.85. The molecule has 88 valence electrons. The molecule has 1 atom stereocenters. The lowest BCUT2D eigenvalue weighted by Gasteiger charge is -2.15. The van der Waals surface area contributed by atoms with Gasteiger partial charge in [-0.2, -0.15) is 0 Å².